The standard InChI is InChI=1S/C9H11F2NO/c1-5(12)9(13)7-3-2-6(10)4-8(7)11/h2-5,9,13H,12H2,1H3. The van der Waals surface area contributed by atoms with E-state index in [0.29, 0.717) is 0 Å². The van der Waals surface area contributed by atoms with Crippen molar-refractivity contribution in [2.24, 2.45) is 5.73 Å². The molecule has 0 aliphatic carbocycles. The number of benzene rings is 1. The summed E-state index contributed by atoms with van der Waals surface area (Å²) in [6.45, 7) is 1.55. The van der Waals surface area contributed by atoms with Crippen molar-refractivity contribution in [3.05, 3.63) is 35.4 Å². The zero-order valence-electron chi connectivity index (χ0n) is 7.17. The van der Waals surface area contributed by atoms with Crippen LogP contribution < -0.4 is 5.73 Å². The number of hydrogen-bond donors (Lipinski definition) is 2. The largest absolute Gasteiger partial charge is 0.387 e. The molecule has 0 aliphatic heterocycles. The minimum atomic E-state index is -1.10. The maximum Gasteiger partial charge on any atom is 0.131 e. The van der Waals surface area contributed by atoms with Crippen LogP contribution in [0.25, 0.3) is 0 Å². The third kappa shape index (κ3) is 2.23. The Balaban J connectivity index is 3.01. The number of halogens is 2. The molecular weight excluding hydrogens is 176 g/mol. The fourth-order valence-electron chi connectivity index (χ4n) is 1.02. The summed E-state index contributed by atoms with van der Waals surface area (Å²) >= 11 is 0. The van der Waals surface area contributed by atoms with E-state index in [4.69, 9.17) is 5.73 Å². The average Bonchev–Trinajstić information content (AvgIpc) is 2.03. The Hall–Kier alpha value is -1.00. The summed E-state index contributed by atoms with van der Waals surface area (Å²) in [7, 11) is 0. The number of rotatable bonds is 2. The third-order valence-corrected chi connectivity index (χ3v) is 1.78. The number of aliphatic hydroxyl groups is 1. The van der Waals surface area contributed by atoms with Crippen LogP contribution in [0.2, 0.25) is 0 Å². The molecule has 4 heteroatoms. The maximum atomic E-state index is 13.0. The molecule has 1 rings (SSSR count). The number of nitrogens with two attached hydrogens (primary N) is 1. The van der Waals surface area contributed by atoms with Crippen molar-refractivity contribution in [3.63, 3.8) is 0 Å². The van der Waals surface area contributed by atoms with Gasteiger partial charge in [0.1, 0.15) is 11.6 Å². The smallest absolute Gasteiger partial charge is 0.131 e. The predicted octanol–water partition coefficient (Wildman–Crippen LogP) is 1.35. The van der Waals surface area contributed by atoms with Crippen LogP contribution in [0.4, 0.5) is 8.78 Å². The van der Waals surface area contributed by atoms with Crippen molar-refractivity contribution >= 4 is 0 Å². The molecule has 2 nitrogen and oxygen atoms in total. The molecule has 0 heterocycles. The van der Waals surface area contributed by atoms with Crippen LogP contribution in [-0.4, -0.2) is 11.1 Å². The van der Waals surface area contributed by atoms with E-state index in [-0.39, 0.29) is 5.56 Å². The molecule has 0 amide bonds. The second kappa shape index (κ2) is 3.81. The van der Waals surface area contributed by atoms with Gasteiger partial charge in [-0.2, -0.15) is 0 Å². The Morgan fingerprint density at radius 1 is 1.38 bits per heavy atom. The summed E-state index contributed by atoms with van der Waals surface area (Å²) in [4.78, 5) is 0. The zero-order chi connectivity index (χ0) is 10.0. The SMILES string of the molecule is CC(N)C(O)c1ccc(F)cc1F. The first-order chi connectivity index (χ1) is 6.02. The maximum absolute atomic E-state index is 13.0. The third-order valence-electron chi connectivity index (χ3n) is 1.78. The van der Waals surface area contributed by atoms with E-state index in [9.17, 15) is 13.9 Å². The van der Waals surface area contributed by atoms with Crippen LogP contribution >= 0.6 is 0 Å². The fourth-order valence-corrected chi connectivity index (χ4v) is 1.02. The van der Waals surface area contributed by atoms with Crippen LogP contribution in [0, 0.1) is 11.6 Å². The van der Waals surface area contributed by atoms with Crippen LogP contribution in [0.3, 0.4) is 0 Å². The number of hydrogen-bond acceptors (Lipinski definition) is 2. The van der Waals surface area contributed by atoms with Gasteiger partial charge in [0.2, 0.25) is 0 Å². The molecule has 1 aromatic carbocycles. The van der Waals surface area contributed by atoms with Crippen molar-refractivity contribution in [3.8, 4) is 0 Å². The first-order valence-corrected chi connectivity index (χ1v) is 3.91. The summed E-state index contributed by atoms with van der Waals surface area (Å²) in [5.74, 6) is -1.44. The van der Waals surface area contributed by atoms with E-state index >= 15 is 0 Å². The van der Waals surface area contributed by atoms with Crippen molar-refractivity contribution in [1.82, 2.24) is 0 Å². The molecule has 1 aromatic rings. The highest BCUT2D eigenvalue weighted by molar-refractivity contribution is 5.21. The molecular formula is C9H11F2NO. The van der Waals surface area contributed by atoms with Gasteiger partial charge in [0.25, 0.3) is 0 Å². The summed E-state index contributed by atoms with van der Waals surface area (Å²) < 4.78 is 25.5. The van der Waals surface area contributed by atoms with Crippen LogP contribution in [0.1, 0.15) is 18.6 Å². The van der Waals surface area contributed by atoms with E-state index in [1.807, 2.05) is 0 Å². The van der Waals surface area contributed by atoms with Gasteiger partial charge in [-0.1, -0.05) is 6.07 Å². The summed E-state index contributed by atoms with van der Waals surface area (Å²) in [5.41, 5.74) is 5.39. The van der Waals surface area contributed by atoms with Gasteiger partial charge in [0.05, 0.1) is 6.10 Å². The molecule has 0 radical (unpaired) electrons. The van der Waals surface area contributed by atoms with E-state index in [1.54, 1.807) is 6.92 Å². The Labute approximate surface area is 75.0 Å². The van der Waals surface area contributed by atoms with Crippen LogP contribution in [-0.2, 0) is 0 Å². The normalized spacial score (nSPS) is 15.5. The first-order valence-electron chi connectivity index (χ1n) is 3.91. The average molecular weight is 187 g/mol. The molecule has 0 bridgehead atoms. The van der Waals surface area contributed by atoms with Crippen molar-refractivity contribution in [2.75, 3.05) is 0 Å². The topological polar surface area (TPSA) is 46.2 Å². The van der Waals surface area contributed by atoms with Crippen molar-refractivity contribution in [2.45, 2.75) is 19.1 Å². The van der Waals surface area contributed by atoms with Gasteiger partial charge in [0, 0.05) is 17.7 Å². The van der Waals surface area contributed by atoms with Gasteiger partial charge in [-0.25, -0.2) is 8.78 Å². The molecule has 72 valence electrons. The van der Waals surface area contributed by atoms with Gasteiger partial charge in [0.15, 0.2) is 0 Å². The predicted molar refractivity (Wildman–Crippen MR) is 45.0 cm³/mol. The van der Waals surface area contributed by atoms with Gasteiger partial charge in [-0.05, 0) is 13.0 Å². The van der Waals surface area contributed by atoms with E-state index in [2.05, 4.69) is 0 Å². The summed E-state index contributed by atoms with van der Waals surface area (Å²) in [5, 5.41) is 9.38. The van der Waals surface area contributed by atoms with Gasteiger partial charge in [-0.15, -0.1) is 0 Å². The molecule has 3 N–H and O–H groups in total. The lowest BCUT2D eigenvalue weighted by atomic mass is 10.0. The van der Waals surface area contributed by atoms with Gasteiger partial charge in [-0.3, -0.25) is 0 Å². The second-order valence-electron chi connectivity index (χ2n) is 2.97. The highest BCUT2D eigenvalue weighted by Gasteiger charge is 2.16. The Morgan fingerprint density at radius 2 is 2.00 bits per heavy atom. The molecule has 0 saturated carbocycles. The van der Waals surface area contributed by atoms with E-state index in [0.717, 1.165) is 12.1 Å². The lowest BCUT2D eigenvalue weighted by Crippen LogP contribution is -2.25. The van der Waals surface area contributed by atoms with E-state index < -0.39 is 23.8 Å². The fraction of sp³-hybridized carbons (Fsp3) is 0.333. The molecule has 0 saturated heterocycles. The lowest BCUT2D eigenvalue weighted by Gasteiger charge is -2.15. The summed E-state index contributed by atoms with van der Waals surface area (Å²) in [6.07, 6.45) is -1.10. The van der Waals surface area contributed by atoms with Gasteiger partial charge >= 0.3 is 0 Å². The quantitative estimate of drug-likeness (QED) is 0.734. The molecule has 0 aromatic heterocycles. The molecule has 0 fully saturated rings. The minimum absolute atomic E-state index is 0.0244. The molecule has 13 heavy (non-hydrogen) atoms. The highest BCUT2D eigenvalue weighted by atomic mass is 19.1. The van der Waals surface area contributed by atoms with Crippen molar-refractivity contribution in [1.29, 1.82) is 0 Å². The highest BCUT2D eigenvalue weighted by Crippen LogP contribution is 2.19. The first kappa shape index (κ1) is 10.1. The second-order valence-corrected chi connectivity index (χ2v) is 2.97. The van der Waals surface area contributed by atoms with Gasteiger partial charge < -0.3 is 10.8 Å². The zero-order valence-corrected chi connectivity index (χ0v) is 7.17. The Bertz CT molecular complexity index is 302. The molecule has 0 aliphatic rings. The number of aliphatic hydroxyl groups excluding tert-OH is 1. The summed E-state index contributed by atoms with van der Waals surface area (Å²) in [6, 6.07) is 2.42. The van der Waals surface area contributed by atoms with E-state index in [1.165, 1.54) is 6.07 Å². The van der Waals surface area contributed by atoms with Crippen molar-refractivity contribution < 1.29 is 13.9 Å². The van der Waals surface area contributed by atoms with Crippen LogP contribution in [0.15, 0.2) is 18.2 Å². The molecule has 2 atom stereocenters. The monoisotopic (exact) mass is 187 g/mol. The lowest BCUT2D eigenvalue weighted by molar-refractivity contribution is 0.149. The molecule has 2 unspecified atom stereocenters. The Morgan fingerprint density at radius 3 is 2.46 bits per heavy atom. The minimum Gasteiger partial charge on any atom is -0.387 e. The Kier molecular flexibility index (Phi) is 2.95. The molecule has 0 spiro atoms. The van der Waals surface area contributed by atoms with Crippen LogP contribution in [0.5, 0.6) is 0 Å².